The molecule has 2 rings (SSSR count). The van der Waals surface area contributed by atoms with Crippen LogP contribution in [0, 0.1) is 17.0 Å². The molecule has 0 atom stereocenters. The van der Waals surface area contributed by atoms with E-state index in [9.17, 15) is 10.1 Å². The van der Waals surface area contributed by atoms with Crippen LogP contribution in [-0.2, 0) is 0 Å². The summed E-state index contributed by atoms with van der Waals surface area (Å²) in [7, 11) is 0. The van der Waals surface area contributed by atoms with E-state index in [1.807, 2.05) is 24.3 Å². The highest BCUT2D eigenvalue weighted by Gasteiger charge is 1.97. The van der Waals surface area contributed by atoms with Gasteiger partial charge in [0.25, 0.3) is 0 Å². The van der Waals surface area contributed by atoms with Gasteiger partial charge in [0.15, 0.2) is 0 Å². The van der Waals surface area contributed by atoms with Crippen molar-refractivity contribution in [2.24, 2.45) is 0 Å². The summed E-state index contributed by atoms with van der Waals surface area (Å²) in [5, 5.41) is 10.2. The van der Waals surface area contributed by atoms with E-state index in [-0.39, 0.29) is 0 Å². The molecule has 96 valence electrons. The lowest BCUT2D eigenvalue weighted by molar-refractivity contribution is -0.400. The van der Waals surface area contributed by atoms with Crippen molar-refractivity contribution in [1.29, 1.82) is 0 Å². The molecule has 0 unspecified atom stereocenters. The molecule has 0 saturated heterocycles. The fourth-order valence-electron chi connectivity index (χ4n) is 1.54. The smallest absolute Gasteiger partial charge is 0.235 e. The van der Waals surface area contributed by atoms with Gasteiger partial charge in [-0.05, 0) is 36.8 Å². The third-order valence-electron chi connectivity index (χ3n) is 2.53. The number of benzene rings is 2. The summed E-state index contributed by atoms with van der Waals surface area (Å²) in [5.74, 6) is 0. The van der Waals surface area contributed by atoms with E-state index >= 15 is 0 Å². The Kier molecular flexibility index (Phi) is 4.36. The van der Waals surface area contributed by atoms with Gasteiger partial charge in [-0.25, -0.2) is 0 Å². The summed E-state index contributed by atoms with van der Waals surface area (Å²) in [5.41, 5.74) is 2.06. The van der Waals surface area contributed by atoms with Crippen LogP contribution in [0.3, 0.4) is 0 Å². The molecule has 0 radical (unpaired) electrons. The lowest BCUT2D eigenvalue weighted by atomic mass is 10.2. The van der Waals surface area contributed by atoms with E-state index in [4.69, 9.17) is 0 Å². The van der Waals surface area contributed by atoms with Gasteiger partial charge in [-0.3, -0.25) is 10.1 Å². The Balaban J connectivity index is 2.06. The van der Waals surface area contributed by atoms with Crippen LogP contribution in [0.15, 0.2) is 64.5 Å². The molecule has 4 heteroatoms. The largest absolute Gasteiger partial charge is 0.259 e. The van der Waals surface area contributed by atoms with Gasteiger partial charge in [0, 0.05) is 15.9 Å². The third kappa shape index (κ3) is 4.26. The summed E-state index contributed by atoms with van der Waals surface area (Å²) in [4.78, 5) is 12.1. The molecule has 2 aromatic carbocycles. The van der Waals surface area contributed by atoms with Crippen molar-refractivity contribution in [2.45, 2.75) is 16.7 Å². The van der Waals surface area contributed by atoms with E-state index in [0.717, 1.165) is 16.7 Å². The molecule has 0 heterocycles. The van der Waals surface area contributed by atoms with Crippen LogP contribution in [0.4, 0.5) is 0 Å². The van der Waals surface area contributed by atoms with Crippen molar-refractivity contribution in [3.05, 3.63) is 76.0 Å². The van der Waals surface area contributed by atoms with Gasteiger partial charge in [0.1, 0.15) is 0 Å². The van der Waals surface area contributed by atoms with Crippen LogP contribution in [0.2, 0.25) is 0 Å². The van der Waals surface area contributed by atoms with E-state index in [1.54, 1.807) is 11.8 Å². The number of hydrogen-bond acceptors (Lipinski definition) is 3. The minimum absolute atomic E-state index is 0.463. The first-order chi connectivity index (χ1) is 9.13. The number of nitro groups is 1. The normalized spacial score (nSPS) is 10.8. The maximum absolute atomic E-state index is 10.2. The van der Waals surface area contributed by atoms with Crippen LogP contribution < -0.4 is 0 Å². The first-order valence-corrected chi connectivity index (χ1v) is 6.61. The van der Waals surface area contributed by atoms with Crippen LogP contribution in [0.1, 0.15) is 11.1 Å². The monoisotopic (exact) mass is 271 g/mol. The Morgan fingerprint density at radius 1 is 1.00 bits per heavy atom. The maximum Gasteiger partial charge on any atom is 0.235 e. The second kappa shape index (κ2) is 6.20. The van der Waals surface area contributed by atoms with Crippen LogP contribution >= 0.6 is 11.8 Å². The molecule has 0 amide bonds. The van der Waals surface area contributed by atoms with Gasteiger partial charge >= 0.3 is 0 Å². The fraction of sp³-hybridized carbons (Fsp3) is 0.0667. The predicted molar refractivity (Wildman–Crippen MR) is 77.8 cm³/mol. The Hall–Kier alpha value is -2.07. The average molecular weight is 271 g/mol. The maximum atomic E-state index is 10.2. The molecule has 0 spiro atoms. The molecule has 0 aliphatic rings. The van der Waals surface area contributed by atoms with E-state index < -0.39 is 4.92 Å². The third-order valence-corrected chi connectivity index (χ3v) is 3.54. The van der Waals surface area contributed by atoms with Crippen molar-refractivity contribution < 1.29 is 4.92 Å². The first kappa shape index (κ1) is 13.4. The predicted octanol–water partition coefficient (Wildman–Crippen LogP) is 4.39. The highest BCUT2D eigenvalue weighted by molar-refractivity contribution is 7.99. The zero-order valence-corrected chi connectivity index (χ0v) is 11.3. The number of aryl methyl sites for hydroxylation is 1. The van der Waals surface area contributed by atoms with Crippen LogP contribution in [-0.4, -0.2) is 4.92 Å². The van der Waals surface area contributed by atoms with E-state index in [1.165, 1.54) is 16.5 Å². The molecule has 0 aliphatic carbocycles. The Labute approximate surface area is 116 Å². The average Bonchev–Trinajstić information content (AvgIpc) is 2.40. The first-order valence-electron chi connectivity index (χ1n) is 5.80. The van der Waals surface area contributed by atoms with Gasteiger partial charge in [0.05, 0.1) is 4.92 Å². The van der Waals surface area contributed by atoms with Crippen molar-refractivity contribution >= 4 is 17.8 Å². The van der Waals surface area contributed by atoms with Gasteiger partial charge in [0.2, 0.25) is 6.20 Å². The fourth-order valence-corrected chi connectivity index (χ4v) is 2.35. The highest BCUT2D eigenvalue weighted by Crippen LogP contribution is 2.27. The molecule has 0 bridgehead atoms. The number of rotatable bonds is 4. The molecule has 0 saturated carbocycles. The summed E-state index contributed by atoms with van der Waals surface area (Å²) < 4.78 is 0. The highest BCUT2D eigenvalue weighted by atomic mass is 32.2. The SMILES string of the molecule is Cc1ccc(Sc2ccc(/C=C/[N+](=O)[O-])cc2)cc1. The summed E-state index contributed by atoms with van der Waals surface area (Å²) in [6.07, 6.45) is 2.43. The Bertz CT molecular complexity index is 589. The summed E-state index contributed by atoms with van der Waals surface area (Å²) in [6.45, 7) is 2.06. The summed E-state index contributed by atoms with van der Waals surface area (Å²) >= 11 is 1.67. The molecule has 0 N–H and O–H groups in total. The lowest BCUT2D eigenvalue weighted by Crippen LogP contribution is -1.82. The van der Waals surface area contributed by atoms with Crippen molar-refractivity contribution in [2.75, 3.05) is 0 Å². The van der Waals surface area contributed by atoms with Gasteiger partial charge in [-0.2, -0.15) is 0 Å². The van der Waals surface area contributed by atoms with Gasteiger partial charge in [-0.1, -0.05) is 41.6 Å². The second-order valence-corrected chi connectivity index (χ2v) is 5.23. The standard InChI is InChI=1S/C15H13NO2S/c1-12-2-6-14(7-3-12)19-15-8-4-13(5-9-15)10-11-16(17)18/h2-11H,1H3/b11-10+. The minimum Gasteiger partial charge on any atom is -0.259 e. The second-order valence-electron chi connectivity index (χ2n) is 4.09. The summed E-state index contributed by atoms with van der Waals surface area (Å²) in [6, 6.07) is 16.0. The molecule has 0 aromatic heterocycles. The van der Waals surface area contributed by atoms with Gasteiger partial charge in [-0.15, -0.1) is 0 Å². The zero-order valence-electron chi connectivity index (χ0n) is 10.4. The van der Waals surface area contributed by atoms with Crippen molar-refractivity contribution in [3.63, 3.8) is 0 Å². The molecular formula is C15H13NO2S. The van der Waals surface area contributed by atoms with Crippen molar-refractivity contribution in [3.8, 4) is 0 Å². The Morgan fingerprint density at radius 2 is 1.53 bits per heavy atom. The molecule has 0 fully saturated rings. The Morgan fingerprint density at radius 3 is 2.05 bits per heavy atom. The molecular weight excluding hydrogens is 258 g/mol. The van der Waals surface area contributed by atoms with Crippen LogP contribution in [0.5, 0.6) is 0 Å². The van der Waals surface area contributed by atoms with Crippen LogP contribution in [0.25, 0.3) is 6.08 Å². The lowest BCUT2D eigenvalue weighted by Gasteiger charge is -2.02. The topological polar surface area (TPSA) is 43.1 Å². The molecule has 2 aromatic rings. The van der Waals surface area contributed by atoms with Gasteiger partial charge < -0.3 is 0 Å². The van der Waals surface area contributed by atoms with Crippen molar-refractivity contribution in [1.82, 2.24) is 0 Å². The molecule has 19 heavy (non-hydrogen) atoms. The van der Waals surface area contributed by atoms with E-state index in [0.29, 0.717) is 0 Å². The molecule has 3 nitrogen and oxygen atoms in total. The number of hydrogen-bond donors (Lipinski definition) is 0. The van der Waals surface area contributed by atoms with E-state index in [2.05, 4.69) is 31.2 Å². The quantitative estimate of drug-likeness (QED) is 0.611. The molecule has 0 aliphatic heterocycles. The number of nitrogens with zero attached hydrogens (tertiary/aromatic N) is 1. The minimum atomic E-state index is -0.463. The zero-order chi connectivity index (χ0) is 13.7.